The van der Waals surface area contributed by atoms with Crippen LogP contribution in [0.1, 0.15) is 47.8 Å². The van der Waals surface area contributed by atoms with Gasteiger partial charge in [-0.3, -0.25) is 0 Å². The molecule has 1 aromatic carbocycles. The molecule has 1 N–H and O–H groups in total. The van der Waals surface area contributed by atoms with Crippen LogP contribution in [0.5, 0.6) is 0 Å². The zero-order valence-corrected chi connectivity index (χ0v) is 12.3. The summed E-state index contributed by atoms with van der Waals surface area (Å²) in [4.78, 5) is 15.4. The predicted molar refractivity (Wildman–Crippen MR) is 80.5 cm³/mol. The number of nitrogens with one attached hydrogen (secondary N) is 1. The number of hydrogen-bond donors (Lipinski definition) is 1. The van der Waals surface area contributed by atoms with E-state index in [-0.39, 0.29) is 5.97 Å². The average molecular weight is 292 g/mol. The van der Waals surface area contributed by atoms with Gasteiger partial charge in [-0.05, 0) is 49.8 Å². The van der Waals surface area contributed by atoms with Gasteiger partial charge in [0.05, 0.1) is 17.2 Å². The maximum Gasteiger partial charge on any atom is 0.339 e. The zero-order chi connectivity index (χ0) is 14.1. The first kappa shape index (κ1) is 13.5. The summed E-state index contributed by atoms with van der Waals surface area (Å²) in [7, 11) is 0. The molecule has 3 rings (SSSR count). The van der Waals surface area contributed by atoms with Crippen molar-refractivity contribution in [3.8, 4) is 0 Å². The Balaban J connectivity index is 2.03. The molecule has 0 radical (unpaired) electrons. The largest absolute Gasteiger partial charge is 0.462 e. The first-order valence-electron chi connectivity index (χ1n) is 7.20. The van der Waals surface area contributed by atoms with E-state index in [1.54, 1.807) is 0 Å². The number of fused-ring (bicyclic) bond motifs is 3. The van der Waals surface area contributed by atoms with Crippen molar-refractivity contribution >= 4 is 28.5 Å². The van der Waals surface area contributed by atoms with Crippen LogP contribution >= 0.6 is 11.6 Å². The second-order valence-corrected chi connectivity index (χ2v) is 5.71. The third kappa shape index (κ3) is 2.31. The van der Waals surface area contributed by atoms with Crippen molar-refractivity contribution in [1.82, 2.24) is 4.98 Å². The third-order valence-corrected chi connectivity index (χ3v) is 4.16. The highest BCUT2D eigenvalue weighted by Gasteiger charge is 2.19. The minimum atomic E-state index is -0.341. The Hall–Kier alpha value is -1.48. The number of aryl methyl sites for hydroxylation is 2. The van der Waals surface area contributed by atoms with Crippen LogP contribution in [0, 0.1) is 0 Å². The Bertz CT molecular complexity index is 660. The van der Waals surface area contributed by atoms with Crippen LogP contribution in [-0.2, 0) is 17.6 Å². The first-order valence-corrected chi connectivity index (χ1v) is 7.58. The fourth-order valence-electron chi connectivity index (χ4n) is 2.86. The Morgan fingerprint density at radius 2 is 2.15 bits per heavy atom. The fourth-order valence-corrected chi connectivity index (χ4v) is 3.10. The summed E-state index contributed by atoms with van der Waals surface area (Å²) in [6.07, 6.45) is 5.42. The molecule has 0 aliphatic heterocycles. The lowest BCUT2D eigenvalue weighted by atomic mass is 9.95. The molecule has 106 valence electrons. The summed E-state index contributed by atoms with van der Waals surface area (Å²) < 4.78 is 5.17. The van der Waals surface area contributed by atoms with Crippen molar-refractivity contribution in [1.29, 1.82) is 0 Å². The Morgan fingerprint density at radius 1 is 1.35 bits per heavy atom. The summed E-state index contributed by atoms with van der Waals surface area (Å²) in [5, 5.41) is 1.63. The van der Waals surface area contributed by atoms with Gasteiger partial charge < -0.3 is 9.72 Å². The van der Waals surface area contributed by atoms with E-state index in [9.17, 15) is 4.79 Å². The SMILES string of the molecule is CCCOC(=O)c1cc2[nH]c3c(c2cc1Cl)CCCC3. The fraction of sp³-hybridized carbons (Fsp3) is 0.438. The minimum absolute atomic E-state index is 0.341. The van der Waals surface area contributed by atoms with E-state index in [1.165, 1.54) is 24.1 Å². The Kier molecular flexibility index (Phi) is 3.70. The number of halogens is 1. The minimum Gasteiger partial charge on any atom is -0.462 e. The molecule has 0 unspecified atom stereocenters. The van der Waals surface area contributed by atoms with E-state index in [0.717, 1.165) is 30.2 Å². The third-order valence-electron chi connectivity index (χ3n) is 3.84. The number of carbonyl (C=O) groups is 1. The van der Waals surface area contributed by atoms with Crippen LogP contribution in [0.25, 0.3) is 10.9 Å². The topological polar surface area (TPSA) is 42.1 Å². The number of benzene rings is 1. The highest BCUT2D eigenvalue weighted by Crippen LogP contribution is 2.32. The van der Waals surface area contributed by atoms with Crippen molar-refractivity contribution in [2.45, 2.75) is 39.0 Å². The van der Waals surface area contributed by atoms with Crippen molar-refractivity contribution in [2.75, 3.05) is 6.61 Å². The molecule has 1 aromatic heterocycles. The van der Waals surface area contributed by atoms with E-state index in [1.807, 2.05) is 19.1 Å². The molecule has 0 amide bonds. The van der Waals surface area contributed by atoms with Crippen LogP contribution in [0.4, 0.5) is 0 Å². The standard InChI is InChI=1S/C16H18ClNO2/c1-2-7-20-16(19)12-9-15-11(8-13(12)17)10-5-3-4-6-14(10)18-15/h8-9,18H,2-7H2,1H3. The molecular weight excluding hydrogens is 274 g/mol. The number of esters is 1. The lowest BCUT2D eigenvalue weighted by Crippen LogP contribution is -2.06. The molecule has 2 aromatic rings. The molecule has 0 saturated heterocycles. The number of ether oxygens (including phenoxy) is 1. The number of hydrogen-bond acceptors (Lipinski definition) is 2. The molecular formula is C16H18ClNO2. The summed E-state index contributed by atoms with van der Waals surface area (Å²) in [5.41, 5.74) is 4.10. The number of aromatic amines is 1. The van der Waals surface area contributed by atoms with Crippen molar-refractivity contribution in [3.63, 3.8) is 0 Å². The van der Waals surface area contributed by atoms with Crippen LogP contribution in [0.15, 0.2) is 12.1 Å². The van der Waals surface area contributed by atoms with Crippen molar-refractivity contribution < 1.29 is 9.53 Å². The van der Waals surface area contributed by atoms with Gasteiger partial charge in [0.25, 0.3) is 0 Å². The summed E-state index contributed by atoms with van der Waals surface area (Å²) in [5.74, 6) is -0.341. The number of rotatable bonds is 3. The Labute approximate surface area is 123 Å². The molecule has 0 atom stereocenters. The molecule has 0 saturated carbocycles. The van der Waals surface area contributed by atoms with Crippen LogP contribution < -0.4 is 0 Å². The van der Waals surface area contributed by atoms with E-state index in [0.29, 0.717) is 17.2 Å². The van der Waals surface area contributed by atoms with Gasteiger partial charge in [0.15, 0.2) is 0 Å². The van der Waals surface area contributed by atoms with Gasteiger partial charge in [-0.1, -0.05) is 18.5 Å². The van der Waals surface area contributed by atoms with Gasteiger partial charge in [-0.25, -0.2) is 4.79 Å². The van der Waals surface area contributed by atoms with Crippen LogP contribution in [0.2, 0.25) is 5.02 Å². The average Bonchev–Trinajstić information content (AvgIpc) is 2.81. The van der Waals surface area contributed by atoms with E-state index in [2.05, 4.69) is 4.98 Å². The van der Waals surface area contributed by atoms with Gasteiger partial charge in [0.2, 0.25) is 0 Å². The second-order valence-electron chi connectivity index (χ2n) is 5.30. The maximum atomic E-state index is 12.0. The molecule has 20 heavy (non-hydrogen) atoms. The predicted octanol–water partition coefficient (Wildman–Crippen LogP) is 4.27. The van der Waals surface area contributed by atoms with Crippen molar-refractivity contribution in [2.24, 2.45) is 0 Å². The highest BCUT2D eigenvalue weighted by atomic mass is 35.5. The summed E-state index contributed by atoms with van der Waals surface area (Å²) in [6.45, 7) is 2.39. The highest BCUT2D eigenvalue weighted by molar-refractivity contribution is 6.34. The van der Waals surface area contributed by atoms with Gasteiger partial charge in [0.1, 0.15) is 0 Å². The van der Waals surface area contributed by atoms with Gasteiger partial charge in [-0.2, -0.15) is 0 Å². The molecule has 0 bridgehead atoms. The molecule has 1 aliphatic carbocycles. The molecule has 0 spiro atoms. The summed E-state index contributed by atoms with van der Waals surface area (Å²) >= 11 is 6.26. The second kappa shape index (κ2) is 5.49. The lowest BCUT2D eigenvalue weighted by molar-refractivity contribution is 0.0505. The quantitative estimate of drug-likeness (QED) is 0.858. The van der Waals surface area contributed by atoms with E-state index in [4.69, 9.17) is 16.3 Å². The molecule has 1 heterocycles. The molecule has 1 aliphatic rings. The smallest absolute Gasteiger partial charge is 0.339 e. The number of aromatic nitrogens is 1. The van der Waals surface area contributed by atoms with Crippen LogP contribution in [0.3, 0.4) is 0 Å². The summed E-state index contributed by atoms with van der Waals surface area (Å²) in [6, 6.07) is 3.73. The lowest BCUT2D eigenvalue weighted by Gasteiger charge is -2.10. The van der Waals surface area contributed by atoms with Crippen LogP contribution in [-0.4, -0.2) is 17.6 Å². The number of H-pyrrole nitrogens is 1. The van der Waals surface area contributed by atoms with Gasteiger partial charge in [0, 0.05) is 16.6 Å². The Morgan fingerprint density at radius 3 is 2.95 bits per heavy atom. The normalized spacial score (nSPS) is 14.3. The molecule has 3 nitrogen and oxygen atoms in total. The van der Waals surface area contributed by atoms with Crippen molar-refractivity contribution in [3.05, 3.63) is 34.0 Å². The first-order chi connectivity index (χ1) is 9.70. The number of carbonyl (C=O) groups excluding carboxylic acids is 1. The van der Waals surface area contributed by atoms with E-state index >= 15 is 0 Å². The maximum absolute atomic E-state index is 12.0. The van der Waals surface area contributed by atoms with E-state index < -0.39 is 0 Å². The zero-order valence-electron chi connectivity index (χ0n) is 11.6. The molecule has 4 heteroatoms. The van der Waals surface area contributed by atoms with Gasteiger partial charge in [-0.15, -0.1) is 0 Å². The molecule has 0 fully saturated rings. The monoisotopic (exact) mass is 291 g/mol. The van der Waals surface area contributed by atoms with Gasteiger partial charge >= 0.3 is 5.97 Å².